The first kappa shape index (κ1) is 20.3. The van der Waals surface area contributed by atoms with Gasteiger partial charge in [0.1, 0.15) is 5.82 Å². The first-order valence-corrected chi connectivity index (χ1v) is 9.87. The van der Waals surface area contributed by atoms with Gasteiger partial charge >= 0.3 is 6.18 Å². The minimum Gasteiger partial charge on any atom is -0.371 e. The van der Waals surface area contributed by atoms with Crippen molar-refractivity contribution in [3.63, 3.8) is 0 Å². The van der Waals surface area contributed by atoms with Crippen LogP contribution < -0.4 is 15.5 Å². The molecule has 8 heteroatoms. The number of anilines is 3. The average molecular weight is 419 g/mol. The molecule has 4 rings (SSSR count). The molecule has 0 atom stereocenters. The molecule has 0 aromatic heterocycles. The molecule has 1 fully saturated rings. The molecule has 1 amide bonds. The van der Waals surface area contributed by atoms with Gasteiger partial charge in [-0.3, -0.25) is 4.79 Å². The summed E-state index contributed by atoms with van der Waals surface area (Å²) in [7, 11) is 0. The Morgan fingerprint density at radius 2 is 1.73 bits per heavy atom. The lowest BCUT2D eigenvalue weighted by Crippen LogP contribution is -2.26. The Labute approximate surface area is 171 Å². The van der Waals surface area contributed by atoms with E-state index in [0.717, 1.165) is 31.7 Å². The van der Waals surface area contributed by atoms with E-state index in [-0.39, 0.29) is 16.9 Å². The molecule has 2 aliphatic heterocycles. The summed E-state index contributed by atoms with van der Waals surface area (Å²) in [5.74, 6) is -0.947. The normalized spacial score (nSPS) is 18.2. The topological polar surface area (TPSA) is 44.4 Å². The third kappa shape index (κ3) is 4.13. The van der Waals surface area contributed by atoms with E-state index < -0.39 is 23.5 Å². The average Bonchev–Trinajstić information content (AvgIpc) is 2.87. The molecule has 0 spiro atoms. The van der Waals surface area contributed by atoms with Gasteiger partial charge in [-0.1, -0.05) is 12.8 Å². The van der Waals surface area contributed by atoms with E-state index in [1.165, 1.54) is 30.5 Å². The minimum atomic E-state index is -4.51. The molecule has 2 aliphatic rings. The summed E-state index contributed by atoms with van der Waals surface area (Å²) in [5.41, 5.74) is 0.649. The van der Waals surface area contributed by atoms with Crippen LogP contribution in [0.2, 0.25) is 0 Å². The molecule has 2 aromatic carbocycles. The monoisotopic (exact) mass is 419 g/mol. The molecule has 30 heavy (non-hydrogen) atoms. The lowest BCUT2D eigenvalue weighted by Gasteiger charge is -2.26. The molecule has 0 radical (unpaired) electrons. The van der Waals surface area contributed by atoms with Crippen LogP contribution in [0.4, 0.5) is 34.6 Å². The summed E-state index contributed by atoms with van der Waals surface area (Å²) in [6.07, 6.45) is 0.585. The SMILES string of the molecule is O=C1Nc2ccc(F)cc2C1=CNc1ccc(N2CCCCCC2)c(C(F)(F)F)c1. The summed E-state index contributed by atoms with van der Waals surface area (Å²) in [6, 6.07) is 7.97. The Kier molecular flexibility index (Phi) is 5.40. The number of hydrogen-bond donors (Lipinski definition) is 2. The Morgan fingerprint density at radius 3 is 2.43 bits per heavy atom. The predicted octanol–water partition coefficient (Wildman–Crippen LogP) is 5.63. The van der Waals surface area contributed by atoms with E-state index in [0.29, 0.717) is 24.3 Å². The van der Waals surface area contributed by atoms with E-state index in [9.17, 15) is 22.4 Å². The number of carbonyl (C=O) groups is 1. The third-order valence-corrected chi connectivity index (χ3v) is 5.40. The van der Waals surface area contributed by atoms with E-state index >= 15 is 0 Å². The van der Waals surface area contributed by atoms with Crippen molar-refractivity contribution in [2.75, 3.05) is 28.6 Å². The summed E-state index contributed by atoms with van der Waals surface area (Å²) in [6.45, 7) is 1.20. The molecular formula is C22H21F4N3O. The van der Waals surface area contributed by atoms with Crippen LogP contribution >= 0.6 is 0 Å². The maximum atomic E-state index is 13.8. The van der Waals surface area contributed by atoms with Crippen LogP contribution in [-0.2, 0) is 11.0 Å². The molecule has 158 valence electrons. The van der Waals surface area contributed by atoms with Crippen molar-refractivity contribution < 1.29 is 22.4 Å². The van der Waals surface area contributed by atoms with Gasteiger partial charge in [0.25, 0.3) is 5.91 Å². The van der Waals surface area contributed by atoms with Crippen LogP contribution in [0.3, 0.4) is 0 Å². The lowest BCUT2D eigenvalue weighted by molar-refractivity contribution is -0.137. The molecule has 2 heterocycles. The Hall–Kier alpha value is -3.03. The molecule has 2 aromatic rings. The van der Waals surface area contributed by atoms with Gasteiger partial charge in [-0.15, -0.1) is 0 Å². The number of nitrogens with zero attached hydrogens (tertiary/aromatic N) is 1. The van der Waals surface area contributed by atoms with Gasteiger partial charge in [-0.05, 0) is 49.2 Å². The van der Waals surface area contributed by atoms with Crippen LogP contribution in [0.15, 0.2) is 42.6 Å². The maximum Gasteiger partial charge on any atom is 0.418 e. The van der Waals surface area contributed by atoms with Crippen LogP contribution in [0.25, 0.3) is 5.57 Å². The number of fused-ring (bicyclic) bond motifs is 1. The zero-order valence-electron chi connectivity index (χ0n) is 16.2. The van der Waals surface area contributed by atoms with E-state index in [1.54, 1.807) is 11.0 Å². The molecule has 0 unspecified atom stereocenters. The quantitative estimate of drug-likeness (QED) is 0.501. The van der Waals surface area contributed by atoms with Crippen molar-refractivity contribution in [3.05, 3.63) is 59.5 Å². The van der Waals surface area contributed by atoms with Crippen molar-refractivity contribution in [3.8, 4) is 0 Å². The predicted molar refractivity (Wildman–Crippen MR) is 109 cm³/mol. The zero-order valence-corrected chi connectivity index (χ0v) is 16.2. The highest BCUT2D eigenvalue weighted by atomic mass is 19.4. The summed E-state index contributed by atoms with van der Waals surface area (Å²) in [4.78, 5) is 13.9. The number of halogens is 4. The van der Waals surface area contributed by atoms with Crippen molar-refractivity contribution >= 4 is 28.5 Å². The Balaban J connectivity index is 1.64. The molecule has 1 saturated heterocycles. The second-order valence-electron chi connectivity index (χ2n) is 7.48. The molecule has 4 nitrogen and oxygen atoms in total. The smallest absolute Gasteiger partial charge is 0.371 e. The number of nitrogens with one attached hydrogen (secondary N) is 2. The highest BCUT2D eigenvalue weighted by Gasteiger charge is 2.35. The second kappa shape index (κ2) is 8.01. The van der Waals surface area contributed by atoms with Crippen molar-refractivity contribution in [1.82, 2.24) is 0 Å². The molecular weight excluding hydrogens is 398 g/mol. The lowest BCUT2D eigenvalue weighted by atomic mass is 10.1. The van der Waals surface area contributed by atoms with Crippen LogP contribution in [-0.4, -0.2) is 19.0 Å². The molecule has 0 aliphatic carbocycles. The zero-order chi connectivity index (χ0) is 21.3. The summed E-state index contributed by atoms with van der Waals surface area (Å²) >= 11 is 0. The first-order valence-electron chi connectivity index (χ1n) is 9.87. The highest BCUT2D eigenvalue weighted by molar-refractivity contribution is 6.31. The number of benzene rings is 2. The van der Waals surface area contributed by atoms with Crippen molar-refractivity contribution in [2.45, 2.75) is 31.9 Å². The van der Waals surface area contributed by atoms with Gasteiger partial charge in [-0.25, -0.2) is 4.39 Å². The molecule has 2 N–H and O–H groups in total. The fourth-order valence-electron chi connectivity index (χ4n) is 3.90. The number of rotatable bonds is 3. The first-order chi connectivity index (χ1) is 14.3. The third-order valence-electron chi connectivity index (χ3n) is 5.40. The maximum absolute atomic E-state index is 13.8. The fraction of sp³-hybridized carbons (Fsp3) is 0.318. The van der Waals surface area contributed by atoms with E-state index in [2.05, 4.69) is 10.6 Å². The van der Waals surface area contributed by atoms with Crippen LogP contribution in [0, 0.1) is 5.82 Å². The minimum absolute atomic E-state index is 0.162. The summed E-state index contributed by atoms with van der Waals surface area (Å²) in [5, 5.41) is 5.37. The van der Waals surface area contributed by atoms with Gasteiger partial charge in [0.2, 0.25) is 0 Å². The highest BCUT2D eigenvalue weighted by Crippen LogP contribution is 2.39. The van der Waals surface area contributed by atoms with E-state index in [4.69, 9.17) is 0 Å². The van der Waals surface area contributed by atoms with Gasteiger partial charge in [0.05, 0.1) is 11.1 Å². The second-order valence-corrected chi connectivity index (χ2v) is 7.48. The largest absolute Gasteiger partial charge is 0.418 e. The van der Waals surface area contributed by atoms with Crippen molar-refractivity contribution in [2.24, 2.45) is 0 Å². The fourth-order valence-corrected chi connectivity index (χ4v) is 3.90. The number of alkyl halides is 3. The Morgan fingerprint density at radius 1 is 1.00 bits per heavy atom. The van der Waals surface area contributed by atoms with Gasteiger partial charge in [0.15, 0.2) is 0 Å². The van der Waals surface area contributed by atoms with Gasteiger partial charge < -0.3 is 15.5 Å². The van der Waals surface area contributed by atoms with Crippen LogP contribution in [0.1, 0.15) is 36.8 Å². The Bertz CT molecular complexity index is 992. The van der Waals surface area contributed by atoms with Gasteiger partial charge in [0, 0.05) is 41.9 Å². The molecule has 0 saturated carbocycles. The van der Waals surface area contributed by atoms with Gasteiger partial charge in [-0.2, -0.15) is 13.2 Å². The standard InChI is InChI=1S/C22H21F4N3O/c23-14-5-7-19-16(11-14)17(21(30)28-19)13-27-15-6-8-20(18(12-15)22(24,25)26)29-9-3-1-2-4-10-29/h5-8,11-13,27H,1-4,9-10H2,(H,28,30). The van der Waals surface area contributed by atoms with Crippen LogP contribution in [0.5, 0.6) is 0 Å². The number of carbonyl (C=O) groups excluding carboxylic acids is 1. The van der Waals surface area contributed by atoms with Crippen molar-refractivity contribution in [1.29, 1.82) is 0 Å². The number of hydrogen-bond acceptors (Lipinski definition) is 3. The van der Waals surface area contributed by atoms with E-state index in [1.807, 2.05) is 0 Å². The molecule has 0 bridgehead atoms. The number of amides is 1. The summed E-state index contributed by atoms with van der Waals surface area (Å²) < 4.78 is 54.8.